The molecule has 0 amide bonds. The zero-order valence-electron chi connectivity index (χ0n) is 17.8. The van der Waals surface area contributed by atoms with Gasteiger partial charge in [0.25, 0.3) is 0 Å². The number of aryl methyl sites for hydroxylation is 1. The van der Waals surface area contributed by atoms with E-state index in [0.29, 0.717) is 17.8 Å². The van der Waals surface area contributed by atoms with Gasteiger partial charge in [0.15, 0.2) is 0 Å². The van der Waals surface area contributed by atoms with Gasteiger partial charge in [0.2, 0.25) is 0 Å². The highest BCUT2D eigenvalue weighted by Crippen LogP contribution is 2.55. The van der Waals surface area contributed by atoms with Gasteiger partial charge >= 0.3 is 5.97 Å². The molecule has 2 saturated carbocycles. The molecule has 2 heteroatoms. The van der Waals surface area contributed by atoms with Crippen molar-refractivity contribution in [3.05, 3.63) is 59.7 Å². The summed E-state index contributed by atoms with van der Waals surface area (Å²) >= 11 is 0. The van der Waals surface area contributed by atoms with Crippen LogP contribution < -0.4 is 0 Å². The first-order valence-corrected chi connectivity index (χ1v) is 11.1. The number of benzene rings is 3. The highest BCUT2D eigenvalue weighted by Gasteiger charge is 2.51. The van der Waals surface area contributed by atoms with Crippen LogP contribution in [0.3, 0.4) is 0 Å². The maximum Gasteiger partial charge on any atom is 0.309 e. The molecule has 5 rings (SSSR count). The van der Waals surface area contributed by atoms with Crippen LogP contribution >= 0.6 is 0 Å². The molecule has 6 unspecified atom stereocenters. The second-order valence-corrected chi connectivity index (χ2v) is 9.52. The molecule has 0 N–H and O–H groups in total. The second kappa shape index (κ2) is 6.86. The number of esters is 1. The fourth-order valence-electron chi connectivity index (χ4n) is 6.12. The van der Waals surface area contributed by atoms with Crippen LogP contribution in [0.2, 0.25) is 0 Å². The normalized spacial score (nSPS) is 29.4. The Morgan fingerprint density at radius 3 is 2.55 bits per heavy atom. The van der Waals surface area contributed by atoms with Gasteiger partial charge in [0.1, 0.15) is 6.10 Å². The molecule has 2 aliphatic rings. The van der Waals surface area contributed by atoms with Crippen molar-refractivity contribution in [3.63, 3.8) is 0 Å². The molecular weight excluding hydrogens is 356 g/mol. The maximum absolute atomic E-state index is 12.9. The highest BCUT2D eigenvalue weighted by atomic mass is 16.5. The topological polar surface area (TPSA) is 26.3 Å². The fourth-order valence-corrected chi connectivity index (χ4v) is 6.12. The van der Waals surface area contributed by atoms with Crippen LogP contribution in [0.4, 0.5) is 0 Å². The monoisotopic (exact) mass is 386 g/mol. The Kier molecular flexibility index (Phi) is 4.42. The van der Waals surface area contributed by atoms with E-state index in [1.54, 1.807) is 0 Å². The van der Waals surface area contributed by atoms with Crippen LogP contribution in [0.25, 0.3) is 21.5 Å². The smallest absolute Gasteiger partial charge is 0.309 e. The quantitative estimate of drug-likeness (QED) is 0.364. The third-order valence-electron chi connectivity index (χ3n) is 8.05. The minimum Gasteiger partial charge on any atom is -0.458 e. The second-order valence-electron chi connectivity index (χ2n) is 9.52. The number of carbonyl (C=O) groups is 1. The molecule has 2 bridgehead atoms. The fraction of sp³-hybridized carbons (Fsp3) is 0.444. The predicted molar refractivity (Wildman–Crippen MR) is 119 cm³/mol. The Morgan fingerprint density at radius 2 is 1.79 bits per heavy atom. The van der Waals surface area contributed by atoms with Crippen molar-refractivity contribution in [2.45, 2.75) is 46.6 Å². The lowest BCUT2D eigenvalue weighted by atomic mass is 9.76. The number of carbonyl (C=O) groups excluding carboxylic acids is 1. The SMILES string of the molecule is Cc1cccc2ccc3cc(C(C)OC(=O)C4CC5CC4C(C)C5C)ccc3c12. The molecule has 3 aromatic rings. The van der Waals surface area contributed by atoms with Crippen LogP contribution in [0.15, 0.2) is 48.5 Å². The average molecular weight is 387 g/mol. The Hall–Kier alpha value is -2.35. The summed E-state index contributed by atoms with van der Waals surface area (Å²) in [6.07, 6.45) is 2.01. The standard InChI is InChI=1S/C27H30O2/c1-15-6-5-7-19-8-9-21-12-20(10-11-23(21)26(15)19)18(4)29-27(28)25-14-22-13-24(25)17(3)16(22)2/h5-12,16-18,22,24-25H,13-14H2,1-4H3. The minimum absolute atomic E-state index is 0.0122. The zero-order valence-corrected chi connectivity index (χ0v) is 17.8. The Morgan fingerprint density at radius 1 is 1.00 bits per heavy atom. The van der Waals surface area contributed by atoms with E-state index in [4.69, 9.17) is 4.74 Å². The van der Waals surface area contributed by atoms with E-state index in [1.807, 2.05) is 6.92 Å². The van der Waals surface area contributed by atoms with E-state index in [-0.39, 0.29) is 18.0 Å². The Balaban J connectivity index is 1.39. The van der Waals surface area contributed by atoms with Crippen LogP contribution in [-0.4, -0.2) is 5.97 Å². The lowest BCUT2D eigenvalue weighted by molar-refractivity contribution is -0.156. The van der Waals surface area contributed by atoms with Crippen molar-refractivity contribution in [1.29, 1.82) is 0 Å². The number of hydrogen-bond acceptors (Lipinski definition) is 2. The molecule has 0 saturated heterocycles. The summed E-state index contributed by atoms with van der Waals surface area (Å²) in [6.45, 7) is 8.83. The van der Waals surface area contributed by atoms with Gasteiger partial charge in [-0.25, -0.2) is 0 Å². The third kappa shape index (κ3) is 2.96. The molecule has 150 valence electrons. The molecule has 2 fully saturated rings. The Labute approximate surface area is 173 Å². The van der Waals surface area contributed by atoms with E-state index < -0.39 is 0 Å². The van der Waals surface area contributed by atoms with Gasteiger partial charge in [-0.15, -0.1) is 0 Å². The van der Waals surface area contributed by atoms with Crippen molar-refractivity contribution in [2.75, 3.05) is 0 Å². The summed E-state index contributed by atoms with van der Waals surface area (Å²) in [6, 6.07) is 17.3. The van der Waals surface area contributed by atoms with Gasteiger partial charge in [-0.05, 0) is 89.1 Å². The molecule has 0 aromatic heterocycles. The van der Waals surface area contributed by atoms with Gasteiger partial charge in [0.05, 0.1) is 5.92 Å². The lowest BCUT2D eigenvalue weighted by Gasteiger charge is -2.31. The molecule has 0 spiro atoms. The van der Waals surface area contributed by atoms with Crippen LogP contribution in [0.5, 0.6) is 0 Å². The third-order valence-corrected chi connectivity index (χ3v) is 8.05. The van der Waals surface area contributed by atoms with Gasteiger partial charge in [-0.1, -0.05) is 56.3 Å². The average Bonchev–Trinajstić information content (AvgIpc) is 3.27. The molecule has 2 aliphatic carbocycles. The molecule has 3 aromatic carbocycles. The van der Waals surface area contributed by atoms with E-state index in [9.17, 15) is 4.79 Å². The highest BCUT2D eigenvalue weighted by molar-refractivity contribution is 6.09. The summed E-state index contributed by atoms with van der Waals surface area (Å²) in [5.74, 6) is 2.72. The largest absolute Gasteiger partial charge is 0.458 e. The van der Waals surface area contributed by atoms with Crippen LogP contribution in [0, 0.1) is 36.5 Å². The molecule has 2 nitrogen and oxygen atoms in total. The van der Waals surface area contributed by atoms with Crippen molar-refractivity contribution in [2.24, 2.45) is 29.6 Å². The van der Waals surface area contributed by atoms with E-state index in [1.165, 1.54) is 33.5 Å². The molecular formula is C27H30O2. The summed E-state index contributed by atoms with van der Waals surface area (Å²) in [5.41, 5.74) is 2.36. The first-order chi connectivity index (χ1) is 13.9. The number of fused-ring (bicyclic) bond motifs is 5. The number of hydrogen-bond donors (Lipinski definition) is 0. The van der Waals surface area contributed by atoms with Gasteiger partial charge in [-0.2, -0.15) is 0 Å². The molecule has 0 radical (unpaired) electrons. The van der Waals surface area contributed by atoms with Crippen LogP contribution in [-0.2, 0) is 9.53 Å². The zero-order chi connectivity index (χ0) is 20.3. The first kappa shape index (κ1) is 18.7. The molecule has 0 aliphatic heterocycles. The summed E-state index contributed by atoms with van der Waals surface area (Å²) in [5, 5.41) is 5.05. The summed E-state index contributed by atoms with van der Waals surface area (Å²) in [7, 11) is 0. The maximum atomic E-state index is 12.9. The molecule has 6 atom stereocenters. The summed E-state index contributed by atoms with van der Waals surface area (Å²) < 4.78 is 5.98. The molecule has 0 heterocycles. The van der Waals surface area contributed by atoms with E-state index >= 15 is 0 Å². The van der Waals surface area contributed by atoms with Gasteiger partial charge < -0.3 is 4.74 Å². The first-order valence-electron chi connectivity index (χ1n) is 11.1. The minimum atomic E-state index is -0.216. The van der Waals surface area contributed by atoms with Crippen LogP contribution in [0.1, 0.15) is 50.8 Å². The van der Waals surface area contributed by atoms with Gasteiger partial charge in [-0.3, -0.25) is 4.79 Å². The molecule has 29 heavy (non-hydrogen) atoms. The van der Waals surface area contributed by atoms with Crippen molar-refractivity contribution >= 4 is 27.5 Å². The Bertz CT molecular complexity index is 1100. The van der Waals surface area contributed by atoms with Crippen molar-refractivity contribution < 1.29 is 9.53 Å². The lowest BCUT2D eigenvalue weighted by Crippen LogP contribution is -2.31. The van der Waals surface area contributed by atoms with Crippen molar-refractivity contribution in [1.82, 2.24) is 0 Å². The van der Waals surface area contributed by atoms with E-state index in [2.05, 4.69) is 69.3 Å². The summed E-state index contributed by atoms with van der Waals surface area (Å²) in [4.78, 5) is 12.9. The number of ether oxygens (including phenoxy) is 1. The van der Waals surface area contributed by atoms with Crippen molar-refractivity contribution in [3.8, 4) is 0 Å². The van der Waals surface area contributed by atoms with Gasteiger partial charge in [0, 0.05) is 0 Å². The van der Waals surface area contributed by atoms with E-state index in [0.717, 1.165) is 17.9 Å². The number of rotatable bonds is 3. The predicted octanol–water partition coefficient (Wildman–Crippen LogP) is 6.83.